The first kappa shape index (κ1) is 9.56. The van der Waals surface area contributed by atoms with E-state index >= 15 is 0 Å². The minimum Gasteiger partial charge on any atom is -0.478 e. The van der Waals surface area contributed by atoms with Crippen LogP contribution in [0.2, 0.25) is 0 Å². The summed E-state index contributed by atoms with van der Waals surface area (Å²) in [6.45, 7) is 2.49. The van der Waals surface area contributed by atoms with E-state index in [1.165, 1.54) is 0 Å². The number of benzene rings is 1. The van der Waals surface area contributed by atoms with Crippen molar-refractivity contribution in [2.45, 2.75) is 13.5 Å². The van der Waals surface area contributed by atoms with Crippen LogP contribution in [-0.4, -0.2) is 6.61 Å². The summed E-state index contributed by atoms with van der Waals surface area (Å²) < 4.78 is 5.19. The van der Waals surface area contributed by atoms with Crippen LogP contribution in [0.1, 0.15) is 11.1 Å². The van der Waals surface area contributed by atoms with Gasteiger partial charge in [0.1, 0.15) is 11.8 Å². The van der Waals surface area contributed by atoms with Crippen molar-refractivity contribution in [2.75, 3.05) is 6.61 Å². The smallest absolute Gasteiger partial charge is 0.174 e. The summed E-state index contributed by atoms with van der Waals surface area (Å²) in [6.07, 6.45) is 0. The fourth-order valence-electron chi connectivity index (χ4n) is 1.12. The van der Waals surface area contributed by atoms with Crippen LogP contribution < -0.4 is 10.5 Å². The third-order valence-electron chi connectivity index (χ3n) is 1.73. The predicted octanol–water partition coefficient (Wildman–Crippen LogP) is 1.36. The van der Waals surface area contributed by atoms with E-state index in [0.29, 0.717) is 12.3 Å². The Balaban J connectivity index is 2.87. The molecule has 2 N–H and O–H groups in total. The monoisotopic (exact) mass is 176 g/mol. The Morgan fingerprint density at radius 3 is 2.92 bits per heavy atom. The van der Waals surface area contributed by atoms with Crippen molar-refractivity contribution in [1.82, 2.24) is 0 Å². The standard InChI is InChI=1S/C10H12N2O/c1-8-2-3-10(13-5-4-11)9(6-8)7-12/h2-3,6H,5,7,12H2,1H3. The van der Waals surface area contributed by atoms with E-state index in [2.05, 4.69) is 0 Å². The average molecular weight is 176 g/mol. The SMILES string of the molecule is Cc1ccc(OCC#N)c(CN)c1. The summed E-state index contributed by atoms with van der Waals surface area (Å²) in [7, 11) is 0. The normalized spacial score (nSPS) is 9.31. The van der Waals surface area contributed by atoms with E-state index in [1.54, 1.807) is 0 Å². The van der Waals surface area contributed by atoms with Gasteiger partial charge < -0.3 is 10.5 Å². The molecular weight excluding hydrogens is 164 g/mol. The van der Waals surface area contributed by atoms with E-state index in [0.717, 1.165) is 11.1 Å². The molecule has 0 radical (unpaired) electrons. The Kier molecular flexibility index (Phi) is 3.30. The summed E-state index contributed by atoms with van der Waals surface area (Å²) in [5, 5.41) is 8.34. The molecule has 0 spiro atoms. The Labute approximate surface area is 77.7 Å². The zero-order valence-corrected chi connectivity index (χ0v) is 7.58. The van der Waals surface area contributed by atoms with Gasteiger partial charge in [-0.2, -0.15) is 5.26 Å². The second kappa shape index (κ2) is 4.48. The Morgan fingerprint density at radius 2 is 2.31 bits per heavy atom. The molecule has 0 fully saturated rings. The minimum atomic E-state index is 0.0655. The molecular formula is C10H12N2O. The molecule has 0 aliphatic heterocycles. The summed E-state index contributed by atoms with van der Waals surface area (Å²) in [5.74, 6) is 0.703. The van der Waals surface area contributed by atoms with E-state index in [1.807, 2.05) is 31.2 Å². The number of aryl methyl sites for hydroxylation is 1. The number of nitrogens with zero attached hydrogens (tertiary/aromatic N) is 1. The van der Waals surface area contributed by atoms with Gasteiger partial charge in [-0.1, -0.05) is 17.7 Å². The highest BCUT2D eigenvalue weighted by molar-refractivity contribution is 5.36. The van der Waals surface area contributed by atoms with Crippen molar-refractivity contribution >= 4 is 0 Å². The number of nitriles is 1. The van der Waals surface area contributed by atoms with Crippen molar-refractivity contribution in [3.63, 3.8) is 0 Å². The van der Waals surface area contributed by atoms with Crippen LogP contribution in [0.25, 0.3) is 0 Å². The lowest BCUT2D eigenvalue weighted by atomic mass is 10.1. The van der Waals surface area contributed by atoms with Gasteiger partial charge in [0.2, 0.25) is 0 Å². The van der Waals surface area contributed by atoms with Gasteiger partial charge in [0.15, 0.2) is 6.61 Å². The van der Waals surface area contributed by atoms with E-state index < -0.39 is 0 Å². The lowest BCUT2D eigenvalue weighted by Gasteiger charge is -2.07. The van der Waals surface area contributed by atoms with Crippen molar-refractivity contribution in [2.24, 2.45) is 5.73 Å². The predicted molar refractivity (Wildman–Crippen MR) is 50.2 cm³/mol. The van der Waals surface area contributed by atoms with Gasteiger partial charge in [0.05, 0.1) is 0 Å². The molecule has 1 aromatic rings. The second-order valence-corrected chi connectivity index (χ2v) is 2.76. The number of hydrogen-bond donors (Lipinski definition) is 1. The lowest BCUT2D eigenvalue weighted by Crippen LogP contribution is -2.02. The highest BCUT2D eigenvalue weighted by Gasteiger charge is 2.01. The van der Waals surface area contributed by atoms with Crippen LogP contribution in [0.5, 0.6) is 5.75 Å². The zero-order chi connectivity index (χ0) is 9.68. The molecule has 0 unspecified atom stereocenters. The molecule has 68 valence electrons. The van der Waals surface area contributed by atoms with Gasteiger partial charge in [-0.25, -0.2) is 0 Å². The number of nitrogens with two attached hydrogens (primary N) is 1. The van der Waals surface area contributed by atoms with Crippen LogP contribution in [0.3, 0.4) is 0 Å². The van der Waals surface area contributed by atoms with E-state index in [9.17, 15) is 0 Å². The molecule has 0 aliphatic carbocycles. The molecule has 0 amide bonds. The molecule has 3 nitrogen and oxygen atoms in total. The van der Waals surface area contributed by atoms with Crippen molar-refractivity contribution in [1.29, 1.82) is 5.26 Å². The van der Waals surface area contributed by atoms with Crippen LogP contribution in [0, 0.1) is 18.3 Å². The van der Waals surface area contributed by atoms with Crippen molar-refractivity contribution in [3.8, 4) is 11.8 Å². The van der Waals surface area contributed by atoms with Gasteiger partial charge in [0, 0.05) is 12.1 Å². The Bertz CT molecular complexity index is 328. The minimum absolute atomic E-state index is 0.0655. The number of ether oxygens (including phenoxy) is 1. The van der Waals surface area contributed by atoms with Crippen LogP contribution in [0.4, 0.5) is 0 Å². The Morgan fingerprint density at radius 1 is 1.54 bits per heavy atom. The maximum absolute atomic E-state index is 8.34. The van der Waals surface area contributed by atoms with Gasteiger partial charge in [0.25, 0.3) is 0 Å². The lowest BCUT2D eigenvalue weighted by molar-refractivity contribution is 0.364. The molecule has 1 rings (SSSR count). The van der Waals surface area contributed by atoms with Crippen molar-refractivity contribution < 1.29 is 4.74 Å². The molecule has 13 heavy (non-hydrogen) atoms. The first-order valence-corrected chi connectivity index (χ1v) is 4.07. The van der Waals surface area contributed by atoms with Crippen molar-refractivity contribution in [3.05, 3.63) is 29.3 Å². The zero-order valence-electron chi connectivity index (χ0n) is 7.58. The molecule has 0 saturated carbocycles. The molecule has 0 atom stereocenters. The third kappa shape index (κ3) is 2.46. The molecule has 0 saturated heterocycles. The molecule has 0 aromatic heterocycles. The van der Waals surface area contributed by atoms with E-state index in [4.69, 9.17) is 15.7 Å². The fraction of sp³-hybridized carbons (Fsp3) is 0.300. The maximum atomic E-state index is 8.34. The molecule has 3 heteroatoms. The summed E-state index contributed by atoms with van der Waals surface area (Å²) in [4.78, 5) is 0. The quantitative estimate of drug-likeness (QED) is 0.756. The average Bonchev–Trinajstić information content (AvgIpc) is 2.16. The van der Waals surface area contributed by atoms with Crippen LogP contribution in [0.15, 0.2) is 18.2 Å². The second-order valence-electron chi connectivity index (χ2n) is 2.76. The van der Waals surface area contributed by atoms with Crippen LogP contribution >= 0.6 is 0 Å². The van der Waals surface area contributed by atoms with E-state index in [-0.39, 0.29) is 6.61 Å². The van der Waals surface area contributed by atoms with Gasteiger partial charge in [-0.15, -0.1) is 0 Å². The molecule has 0 heterocycles. The summed E-state index contributed by atoms with van der Waals surface area (Å²) in [6, 6.07) is 7.66. The first-order valence-electron chi connectivity index (χ1n) is 4.07. The highest BCUT2D eigenvalue weighted by atomic mass is 16.5. The number of hydrogen-bond acceptors (Lipinski definition) is 3. The van der Waals surface area contributed by atoms with Gasteiger partial charge in [-0.3, -0.25) is 0 Å². The largest absolute Gasteiger partial charge is 0.478 e. The highest BCUT2D eigenvalue weighted by Crippen LogP contribution is 2.19. The first-order chi connectivity index (χ1) is 6.27. The topological polar surface area (TPSA) is 59.0 Å². The number of rotatable bonds is 3. The Hall–Kier alpha value is -1.53. The molecule has 1 aromatic carbocycles. The molecule has 0 aliphatic rings. The van der Waals surface area contributed by atoms with Gasteiger partial charge >= 0.3 is 0 Å². The fourth-order valence-corrected chi connectivity index (χ4v) is 1.12. The van der Waals surface area contributed by atoms with Gasteiger partial charge in [-0.05, 0) is 13.0 Å². The third-order valence-corrected chi connectivity index (χ3v) is 1.73. The maximum Gasteiger partial charge on any atom is 0.174 e. The van der Waals surface area contributed by atoms with Crippen LogP contribution in [-0.2, 0) is 6.54 Å². The summed E-state index contributed by atoms with van der Waals surface area (Å²) >= 11 is 0. The summed E-state index contributed by atoms with van der Waals surface area (Å²) in [5.41, 5.74) is 7.61. The molecule has 0 bridgehead atoms.